The van der Waals surface area contributed by atoms with E-state index in [4.69, 9.17) is 4.98 Å². The number of hydrogen-bond donors (Lipinski definition) is 0. The summed E-state index contributed by atoms with van der Waals surface area (Å²) in [5, 5.41) is 1.46. The van der Waals surface area contributed by atoms with E-state index >= 15 is 0 Å². The number of aromatic nitrogens is 2. The zero-order valence-corrected chi connectivity index (χ0v) is 17.1. The number of fused-ring (bicyclic) bond motifs is 1. The van der Waals surface area contributed by atoms with Gasteiger partial charge in [-0.05, 0) is 42.8 Å². The Hall–Kier alpha value is -2.37. The molecule has 1 atom stereocenters. The van der Waals surface area contributed by atoms with E-state index < -0.39 is 0 Å². The Morgan fingerprint density at radius 3 is 2.33 bits per heavy atom. The van der Waals surface area contributed by atoms with Crippen molar-refractivity contribution in [1.82, 2.24) is 9.55 Å². The number of rotatable bonds is 4. The van der Waals surface area contributed by atoms with Gasteiger partial charge in [-0.25, -0.2) is 4.98 Å². The maximum Gasteiger partial charge on any atom is 0.266 e. The molecule has 0 aliphatic carbocycles. The Labute approximate surface area is 170 Å². The highest BCUT2D eigenvalue weighted by Gasteiger charge is 2.17. The van der Waals surface area contributed by atoms with Gasteiger partial charge in [0.05, 0.1) is 16.6 Å². The third-order valence-electron chi connectivity index (χ3n) is 4.37. The van der Waals surface area contributed by atoms with Crippen molar-refractivity contribution in [3.8, 4) is 5.69 Å². The van der Waals surface area contributed by atoms with Crippen LogP contribution in [-0.2, 0) is 0 Å². The number of para-hydroxylation sites is 1. The molecule has 0 aliphatic rings. The number of hydrogen-bond acceptors (Lipinski definition) is 3. The molecule has 0 aliphatic heterocycles. The standard InChI is InChI=1S/C22H17BrN2OS/c1-15(16-8-4-2-5-9-16)27-22-24-20-13-12-17(23)14-19(20)21(26)25(22)18-10-6-3-7-11-18/h2-15H,1H3/t15-/m0/s1. The first-order valence-corrected chi connectivity index (χ1v) is 10.3. The van der Waals surface area contributed by atoms with E-state index in [-0.39, 0.29) is 10.8 Å². The highest BCUT2D eigenvalue weighted by molar-refractivity contribution is 9.10. The van der Waals surface area contributed by atoms with Crippen molar-refractivity contribution in [2.24, 2.45) is 0 Å². The van der Waals surface area contributed by atoms with E-state index in [1.807, 2.05) is 66.7 Å². The summed E-state index contributed by atoms with van der Waals surface area (Å²) in [6.07, 6.45) is 0. The van der Waals surface area contributed by atoms with Crippen LogP contribution in [0.5, 0.6) is 0 Å². The van der Waals surface area contributed by atoms with Gasteiger partial charge in [0, 0.05) is 9.72 Å². The first-order chi connectivity index (χ1) is 13.1. The number of benzene rings is 3. The Morgan fingerprint density at radius 2 is 1.63 bits per heavy atom. The van der Waals surface area contributed by atoms with Crippen LogP contribution in [0.2, 0.25) is 0 Å². The largest absolute Gasteiger partial charge is 0.268 e. The highest BCUT2D eigenvalue weighted by atomic mass is 79.9. The molecule has 0 unspecified atom stereocenters. The fraction of sp³-hybridized carbons (Fsp3) is 0.0909. The lowest BCUT2D eigenvalue weighted by molar-refractivity contribution is 0.815. The van der Waals surface area contributed by atoms with E-state index in [0.29, 0.717) is 16.1 Å². The topological polar surface area (TPSA) is 34.9 Å². The van der Waals surface area contributed by atoms with Gasteiger partial charge in [-0.2, -0.15) is 0 Å². The van der Waals surface area contributed by atoms with E-state index in [9.17, 15) is 4.79 Å². The smallest absolute Gasteiger partial charge is 0.266 e. The van der Waals surface area contributed by atoms with Crippen LogP contribution in [0.25, 0.3) is 16.6 Å². The van der Waals surface area contributed by atoms with Gasteiger partial charge >= 0.3 is 0 Å². The third kappa shape index (κ3) is 3.70. The molecule has 0 amide bonds. The molecule has 0 fully saturated rings. The molecule has 0 saturated carbocycles. The predicted molar refractivity (Wildman–Crippen MR) is 116 cm³/mol. The summed E-state index contributed by atoms with van der Waals surface area (Å²) >= 11 is 5.05. The average molecular weight is 437 g/mol. The van der Waals surface area contributed by atoms with Crippen molar-refractivity contribution in [2.75, 3.05) is 0 Å². The second-order valence-electron chi connectivity index (χ2n) is 6.20. The van der Waals surface area contributed by atoms with Gasteiger partial charge in [0.1, 0.15) is 0 Å². The summed E-state index contributed by atoms with van der Waals surface area (Å²) in [5.41, 5.74) is 2.67. The Bertz CT molecular complexity index is 1140. The molecule has 0 spiro atoms. The van der Waals surface area contributed by atoms with Crippen molar-refractivity contribution < 1.29 is 0 Å². The lowest BCUT2D eigenvalue weighted by Crippen LogP contribution is -2.22. The molecule has 0 saturated heterocycles. The molecule has 0 N–H and O–H groups in total. The third-order valence-corrected chi connectivity index (χ3v) is 5.97. The molecule has 27 heavy (non-hydrogen) atoms. The van der Waals surface area contributed by atoms with Crippen molar-refractivity contribution in [3.63, 3.8) is 0 Å². The maximum atomic E-state index is 13.3. The van der Waals surface area contributed by atoms with Gasteiger partial charge in [0.15, 0.2) is 5.16 Å². The molecule has 5 heteroatoms. The minimum Gasteiger partial charge on any atom is -0.268 e. The van der Waals surface area contributed by atoms with E-state index in [0.717, 1.165) is 10.2 Å². The summed E-state index contributed by atoms with van der Waals surface area (Å²) < 4.78 is 2.57. The highest BCUT2D eigenvalue weighted by Crippen LogP contribution is 2.34. The fourth-order valence-corrected chi connectivity index (χ4v) is 4.39. The molecule has 134 valence electrons. The second-order valence-corrected chi connectivity index (χ2v) is 8.43. The summed E-state index contributed by atoms with van der Waals surface area (Å²) in [6, 6.07) is 25.6. The Balaban J connectivity index is 1.90. The molecule has 1 aromatic heterocycles. The summed E-state index contributed by atoms with van der Waals surface area (Å²) in [4.78, 5) is 18.1. The molecule has 4 rings (SSSR count). The summed E-state index contributed by atoms with van der Waals surface area (Å²) in [6.45, 7) is 2.13. The Kier molecular flexibility index (Phi) is 5.14. The maximum absolute atomic E-state index is 13.3. The number of thioether (sulfide) groups is 1. The van der Waals surface area contributed by atoms with E-state index in [2.05, 4.69) is 35.0 Å². The van der Waals surface area contributed by atoms with Crippen LogP contribution in [-0.4, -0.2) is 9.55 Å². The minimum absolute atomic E-state index is 0.0599. The number of nitrogens with zero attached hydrogens (tertiary/aromatic N) is 2. The first-order valence-electron chi connectivity index (χ1n) is 8.63. The quantitative estimate of drug-likeness (QED) is 0.290. The molecule has 3 nitrogen and oxygen atoms in total. The molecule has 0 bridgehead atoms. The minimum atomic E-state index is -0.0599. The van der Waals surface area contributed by atoms with Crippen molar-refractivity contribution in [3.05, 3.63) is 99.3 Å². The van der Waals surface area contributed by atoms with Crippen LogP contribution in [0.15, 0.2) is 93.3 Å². The summed E-state index contributed by atoms with van der Waals surface area (Å²) in [7, 11) is 0. The van der Waals surface area contributed by atoms with Crippen LogP contribution in [0.4, 0.5) is 0 Å². The molecule has 3 aromatic carbocycles. The average Bonchev–Trinajstić information content (AvgIpc) is 2.70. The van der Waals surface area contributed by atoms with Crippen LogP contribution < -0.4 is 5.56 Å². The molecular formula is C22H17BrN2OS. The fourth-order valence-electron chi connectivity index (χ4n) is 2.97. The van der Waals surface area contributed by atoms with Gasteiger partial charge in [0.2, 0.25) is 0 Å². The zero-order chi connectivity index (χ0) is 18.8. The number of halogens is 1. The van der Waals surface area contributed by atoms with Gasteiger partial charge in [0.25, 0.3) is 5.56 Å². The molecule has 1 heterocycles. The lowest BCUT2D eigenvalue weighted by Gasteiger charge is -2.17. The van der Waals surface area contributed by atoms with Gasteiger partial charge in [-0.3, -0.25) is 9.36 Å². The van der Waals surface area contributed by atoms with Crippen LogP contribution >= 0.6 is 27.7 Å². The normalized spacial score (nSPS) is 12.2. The molecule has 0 radical (unpaired) electrons. The second kappa shape index (κ2) is 7.71. The monoisotopic (exact) mass is 436 g/mol. The van der Waals surface area contributed by atoms with E-state index in [1.165, 1.54) is 5.56 Å². The lowest BCUT2D eigenvalue weighted by atomic mass is 10.2. The van der Waals surface area contributed by atoms with Crippen molar-refractivity contribution >= 4 is 38.6 Å². The van der Waals surface area contributed by atoms with Gasteiger partial charge < -0.3 is 0 Å². The van der Waals surface area contributed by atoms with Gasteiger partial charge in [-0.15, -0.1) is 0 Å². The van der Waals surface area contributed by atoms with E-state index in [1.54, 1.807) is 16.3 Å². The van der Waals surface area contributed by atoms with Crippen LogP contribution in [0.3, 0.4) is 0 Å². The van der Waals surface area contributed by atoms with Crippen LogP contribution in [0.1, 0.15) is 17.7 Å². The Morgan fingerprint density at radius 1 is 0.963 bits per heavy atom. The summed E-state index contributed by atoms with van der Waals surface area (Å²) in [5.74, 6) is 0. The van der Waals surface area contributed by atoms with Crippen LogP contribution in [0, 0.1) is 0 Å². The van der Waals surface area contributed by atoms with Crippen molar-refractivity contribution in [2.45, 2.75) is 17.3 Å². The predicted octanol–water partition coefficient (Wildman–Crippen LogP) is 6.00. The molecule has 4 aromatic rings. The first kappa shape index (κ1) is 18.0. The van der Waals surface area contributed by atoms with Crippen molar-refractivity contribution in [1.29, 1.82) is 0 Å². The zero-order valence-electron chi connectivity index (χ0n) is 14.7. The molecular weight excluding hydrogens is 420 g/mol. The van der Waals surface area contributed by atoms with Gasteiger partial charge in [-0.1, -0.05) is 76.2 Å². The SMILES string of the molecule is C[C@H](Sc1nc2ccc(Br)cc2c(=O)n1-c1ccccc1)c1ccccc1.